The molecule has 1 aliphatic heterocycles. The van der Waals surface area contributed by atoms with Crippen LogP contribution in [0.4, 0.5) is 0 Å². The molecular formula is C14H21N5O. The lowest BCUT2D eigenvalue weighted by molar-refractivity contribution is 0.180. The molecule has 2 aromatic heterocycles. The van der Waals surface area contributed by atoms with Crippen LogP contribution in [0.3, 0.4) is 0 Å². The summed E-state index contributed by atoms with van der Waals surface area (Å²) in [4.78, 5) is 11.6. The Bertz CT molecular complexity index is 515. The van der Waals surface area contributed by atoms with E-state index in [4.69, 9.17) is 10.5 Å². The van der Waals surface area contributed by atoms with Crippen LogP contribution in [-0.2, 0) is 17.7 Å². The fourth-order valence-electron chi connectivity index (χ4n) is 2.72. The maximum atomic E-state index is 6.35. The van der Waals surface area contributed by atoms with Crippen molar-refractivity contribution in [2.75, 3.05) is 13.2 Å². The summed E-state index contributed by atoms with van der Waals surface area (Å²) in [5.74, 6) is 1.44. The van der Waals surface area contributed by atoms with Crippen LogP contribution in [0, 0.1) is 5.92 Å². The molecule has 0 amide bonds. The number of imidazole rings is 2. The van der Waals surface area contributed by atoms with Crippen LogP contribution in [-0.4, -0.2) is 32.7 Å². The van der Waals surface area contributed by atoms with E-state index in [-0.39, 0.29) is 6.04 Å². The zero-order chi connectivity index (χ0) is 13.8. The predicted molar refractivity (Wildman–Crippen MR) is 75.0 cm³/mol. The molecule has 0 aliphatic carbocycles. The van der Waals surface area contributed by atoms with Gasteiger partial charge in [0.1, 0.15) is 5.82 Å². The molecule has 1 aliphatic rings. The zero-order valence-electron chi connectivity index (χ0n) is 11.5. The molecule has 1 fully saturated rings. The molecule has 0 radical (unpaired) electrons. The molecule has 0 spiro atoms. The molecule has 3 rings (SSSR count). The minimum Gasteiger partial charge on any atom is -0.381 e. The van der Waals surface area contributed by atoms with Gasteiger partial charge in [-0.3, -0.25) is 0 Å². The van der Waals surface area contributed by atoms with E-state index in [9.17, 15) is 0 Å². The van der Waals surface area contributed by atoms with Crippen LogP contribution in [0.1, 0.15) is 30.4 Å². The van der Waals surface area contributed by atoms with Crippen LogP contribution in [0.2, 0.25) is 0 Å². The third-order valence-corrected chi connectivity index (χ3v) is 3.93. The first kappa shape index (κ1) is 13.3. The van der Waals surface area contributed by atoms with Crippen LogP contribution in [0.5, 0.6) is 0 Å². The molecule has 1 saturated heterocycles. The third-order valence-electron chi connectivity index (χ3n) is 3.93. The van der Waals surface area contributed by atoms with E-state index in [1.54, 1.807) is 6.20 Å². The summed E-state index contributed by atoms with van der Waals surface area (Å²) in [7, 11) is 0. The number of nitrogens with zero attached hydrogens (tertiary/aromatic N) is 3. The Morgan fingerprint density at radius 2 is 2.50 bits per heavy atom. The second-order valence-electron chi connectivity index (χ2n) is 5.30. The van der Waals surface area contributed by atoms with E-state index >= 15 is 0 Å². The molecule has 108 valence electrons. The van der Waals surface area contributed by atoms with Crippen molar-refractivity contribution in [1.82, 2.24) is 19.5 Å². The van der Waals surface area contributed by atoms with Crippen molar-refractivity contribution < 1.29 is 4.74 Å². The standard InChI is InChI=1S/C14H21N5O/c15-14(11-3-7-20-9-11)12-8-16-10-19(12)6-1-2-13-17-4-5-18-13/h4-5,8,10-11,14H,1-3,6-7,9,15H2,(H,17,18). The van der Waals surface area contributed by atoms with Gasteiger partial charge in [-0.15, -0.1) is 0 Å². The number of hydrogen-bond donors (Lipinski definition) is 2. The van der Waals surface area contributed by atoms with Gasteiger partial charge in [-0.1, -0.05) is 0 Å². The molecular weight excluding hydrogens is 254 g/mol. The molecule has 2 atom stereocenters. The Labute approximate surface area is 118 Å². The average Bonchev–Trinajstić information content (AvgIpc) is 3.21. The summed E-state index contributed by atoms with van der Waals surface area (Å²) in [6, 6.07) is 0.0172. The number of hydrogen-bond acceptors (Lipinski definition) is 4. The lowest BCUT2D eigenvalue weighted by atomic mass is 9.97. The SMILES string of the molecule is NC(c1cncn1CCCc1ncc[nH]1)C1CCOC1. The lowest BCUT2D eigenvalue weighted by Gasteiger charge is -2.19. The van der Waals surface area contributed by atoms with Crippen LogP contribution < -0.4 is 5.73 Å². The predicted octanol–water partition coefficient (Wildman–Crippen LogP) is 1.28. The third kappa shape index (κ3) is 2.91. The number of nitrogens with one attached hydrogen (secondary N) is 1. The quantitative estimate of drug-likeness (QED) is 0.832. The summed E-state index contributed by atoms with van der Waals surface area (Å²) in [5.41, 5.74) is 7.46. The van der Waals surface area contributed by atoms with Gasteiger partial charge in [0.05, 0.1) is 24.7 Å². The smallest absolute Gasteiger partial charge is 0.106 e. The summed E-state index contributed by atoms with van der Waals surface area (Å²) in [5, 5.41) is 0. The first-order valence-corrected chi connectivity index (χ1v) is 7.16. The maximum Gasteiger partial charge on any atom is 0.106 e. The Morgan fingerprint density at radius 3 is 3.25 bits per heavy atom. The summed E-state index contributed by atoms with van der Waals surface area (Å²) < 4.78 is 7.58. The number of ether oxygens (including phenoxy) is 1. The van der Waals surface area contributed by atoms with Crippen molar-refractivity contribution in [1.29, 1.82) is 0 Å². The second-order valence-corrected chi connectivity index (χ2v) is 5.30. The minimum absolute atomic E-state index is 0.0172. The van der Waals surface area contributed by atoms with Crippen LogP contribution in [0.15, 0.2) is 24.9 Å². The molecule has 3 heterocycles. The highest BCUT2D eigenvalue weighted by Gasteiger charge is 2.26. The number of aromatic nitrogens is 4. The summed E-state index contributed by atoms with van der Waals surface area (Å²) >= 11 is 0. The molecule has 0 bridgehead atoms. The highest BCUT2D eigenvalue weighted by Crippen LogP contribution is 2.26. The Balaban J connectivity index is 1.58. The first-order chi connectivity index (χ1) is 9.84. The number of aromatic amines is 1. The lowest BCUT2D eigenvalue weighted by Crippen LogP contribution is -2.24. The van der Waals surface area contributed by atoms with Gasteiger partial charge in [0, 0.05) is 44.1 Å². The molecule has 3 N–H and O–H groups in total. The van der Waals surface area contributed by atoms with Crippen LogP contribution >= 0.6 is 0 Å². The van der Waals surface area contributed by atoms with Gasteiger partial charge in [0.25, 0.3) is 0 Å². The van der Waals surface area contributed by atoms with Gasteiger partial charge in [0.2, 0.25) is 0 Å². The Hall–Kier alpha value is -1.66. The Morgan fingerprint density at radius 1 is 1.55 bits per heavy atom. The van der Waals surface area contributed by atoms with Gasteiger partial charge < -0.3 is 20.0 Å². The van der Waals surface area contributed by atoms with E-state index in [0.717, 1.165) is 50.5 Å². The highest BCUT2D eigenvalue weighted by atomic mass is 16.5. The molecule has 2 aromatic rings. The number of rotatable bonds is 6. The molecule has 2 unspecified atom stereocenters. The largest absolute Gasteiger partial charge is 0.381 e. The van der Waals surface area contributed by atoms with Crippen molar-refractivity contribution in [3.63, 3.8) is 0 Å². The highest BCUT2D eigenvalue weighted by molar-refractivity contribution is 5.07. The zero-order valence-corrected chi connectivity index (χ0v) is 11.5. The molecule has 6 heteroatoms. The minimum atomic E-state index is 0.0172. The number of H-pyrrole nitrogens is 1. The van der Waals surface area contributed by atoms with Crippen molar-refractivity contribution in [3.05, 3.63) is 36.4 Å². The van der Waals surface area contributed by atoms with Gasteiger partial charge in [0.15, 0.2) is 0 Å². The van der Waals surface area contributed by atoms with E-state index < -0.39 is 0 Å². The van der Waals surface area contributed by atoms with Crippen molar-refractivity contribution in [3.8, 4) is 0 Å². The van der Waals surface area contributed by atoms with Gasteiger partial charge in [-0.25, -0.2) is 9.97 Å². The Kier molecular flexibility index (Phi) is 4.13. The molecule has 0 aromatic carbocycles. The normalized spacial score (nSPS) is 20.4. The van der Waals surface area contributed by atoms with Gasteiger partial charge >= 0.3 is 0 Å². The maximum absolute atomic E-state index is 6.35. The van der Waals surface area contributed by atoms with E-state index in [1.165, 1.54) is 0 Å². The fraction of sp³-hybridized carbons (Fsp3) is 0.571. The van der Waals surface area contributed by atoms with Gasteiger partial charge in [-0.2, -0.15) is 0 Å². The van der Waals surface area contributed by atoms with E-state index in [0.29, 0.717) is 5.92 Å². The topological polar surface area (TPSA) is 81.8 Å². The van der Waals surface area contributed by atoms with E-state index in [2.05, 4.69) is 19.5 Å². The fourth-order valence-corrected chi connectivity index (χ4v) is 2.72. The summed E-state index contributed by atoms with van der Waals surface area (Å²) in [6.07, 6.45) is 10.4. The van der Waals surface area contributed by atoms with Gasteiger partial charge in [-0.05, 0) is 12.8 Å². The van der Waals surface area contributed by atoms with Crippen molar-refractivity contribution in [2.24, 2.45) is 11.7 Å². The number of nitrogens with two attached hydrogens (primary N) is 1. The summed E-state index contributed by atoms with van der Waals surface area (Å²) in [6.45, 7) is 2.50. The first-order valence-electron chi connectivity index (χ1n) is 7.16. The number of aryl methyl sites for hydroxylation is 2. The van der Waals surface area contributed by atoms with Crippen molar-refractivity contribution >= 4 is 0 Å². The second kappa shape index (κ2) is 6.19. The molecule has 0 saturated carbocycles. The van der Waals surface area contributed by atoms with E-state index in [1.807, 2.05) is 18.7 Å². The molecule has 20 heavy (non-hydrogen) atoms. The average molecular weight is 275 g/mol. The van der Waals surface area contributed by atoms with Crippen molar-refractivity contribution in [2.45, 2.75) is 31.8 Å². The molecule has 6 nitrogen and oxygen atoms in total. The monoisotopic (exact) mass is 275 g/mol. The van der Waals surface area contributed by atoms with Crippen LogP contribution in [0.25, 0.3) is 0 Å².